The SMILES string of the molecule is CC[C@@H]1CN(C(=O)CN2CSCC2=O)C[C@H]1N(C)C. The van der Waals surface area contributed by atoms with Crippen LogP contribution in [0.4, 0.5) is 0 Å². The fourth-order valence-electron chi connectivity index (χ4n) is 2.85. The third-order valence-electron chi connectivity index (χ3n) is 4.10. The summed E-state index contributed by atoms with van der Waals surface area (Å²) in [6.45, 7) is 4.05. The molecule has 2 heterocycles. The maximum Gasteiger partial charge on any atom is 0.242 e. The van der Waals surface area contributed by atoms with Gasteiger partial charge >= 0.3 is 0 Å². The Balaban J connectivity index is 1.91. The number of hydrogen-bond acceptors (Lipinski definition) is 4. The van der Waals surface area contributed by atoms with Gasteiger partial charge in [0.25, 0.3) is 0 Å². The average Bonchev–Trinajstić information content (AvgIpc) is 2.96. The molecular weight excluding hydrogens is 262 g/mol. The molecule has 0 aromatic heterocycles. The lowest BCUT2D eigenvalue weighted by Gasteiger charge is -2.24. The molecule has 5 nitrogen and oxygen atoms in total. The summed E-state index contributed by atoms with van der Waals surface area (Å²) in [6.07, 6.45) is 1.09. The van der Waals surface area contributed by atoms with Gasteiger partial charge in [0.2, 0.25) is 11.8 Å². The van der Waals surface area contributed by atoms with E-state index >= 15 is 0 Å². The Bertz CT molecular complexity index is 362. The minimum atomic E-state index is 0.0914. The molecule has 2 rings (SSSR count). The number of likely N-dealkylation sites (tertiary alicyclic amines) is 1. The van der Waals surface area contributed by atoms with Gasteiger partial charge in [-0.25, -0.2) is 0 Å². The van der Waals surface area contributed by atoms with Gasteiger partial charge in [0.05, 0.1) is 11.6 Å². The van der Waals surface area contributed by atoms with E-state index in [0.29, 0.717) is 23.6 Å². The maximum atomic E-state index is 12.3. The molecule has 0 spiro atoms. The first-order valence-electron chi connectivity index (χ1n) is 6.82. The Kier molecular flexibility index (Phi) is 4.73. The van der Waals surface area contributed by atoms with Crippen LogP contribution in [0.1, 0.15) is 13.3 Å². The van der Waals surface area contributed by atoms with Crippen molar-refractivity contribution in [3.05, 3.63) is 0 Å². The molecule has 0 saturated carbocycles. The zero-order valence-corrected chi connectivity index (χ0v) is 12.8. The van der Waals surface area contributed by atoms with Crippen LogP contribution < -0.4 is 0 Å². The van der Waals surface area contributed by atoms with Crippen LogP contribution in [0.2, 0.25) is 0 Å². The van der Waals surface area contributed by atoms with Gasteiger partial charge in [0, 0.05) is 19.1 Å². The highest BCUT2D eigenvalue weighted by Crippen LogP contribution is 2.24. The summed E-state index contributed by atoms with van der Waals surface area (Å²) in [4.78, 5) is 29.6. The molecule has 0 aromatic carbocycles. The first-order valence-corrected chi connectivity index (χ1v) is 7.98. The molecule has 0 aliphatic carbocycles. The smallest absolute Gasteiger partial charge is 0.242 e. The summed E-state index contributed by atoms with van der Waals surface area (Å²) < 4.78 is 0. The molecule has 2 saturated heterocycles. The predicted molar refractivity (Wildman–Crippen MR) is 76.9 cm³/mol. The number of hydrogen-bond donors (Lipinski definition) is 0. The Morgan fingerprint density at radius 1 is 1.42 bits per heavy atom. The number of thioether (sulfide) groups is 1. The molecule has 108 valence electrons. The highest BCUT2D eigenvalue weighted by molar-refractivity contribution is 8.00. The molecule has 2 aliphatic heterocycles. The van der Waals surface area contributed by atoms with E-state index in [9.17, 15) is 9.59 Å². The molecule has 19 heavy (non-hydrogen) atoms. The fourth-order valence-corrected chi connectivity index (χ4v) is 3.75. The van der Waals surface area contributed by atoms with Gasteiger partial charge in [-0.2, -0.15) is 0 Å². The van der Waals surface area contributed by atoms with Gasteiger partial charge in [0.1, 0.15) is 6.54 Å². The molecule has 2 aliphatic rings. The molecule has 0 bridgehead atoms. The van der Waals surface area contributed by atoms with E-state index in [2.05, 4.69) is 25.9 Å². The van der Waals surface area contributed by atoms with Crippen molar-refractivity contribution in [1.82, 2.24) is 14.7 Å². The fraction of sp³-hybridized carbons (Fsp3) is 0.846. The summed E-state index contributed by atoms with van der Waals surface area (Å²) in [5.41, 5.74) is 0. The van der Waals surface area contributed by atoms with Crippen molar-refractivity contribution in [3.63, 3.8) is 0 Å². The first-order chi connectivity index (χ1) is 9.02. The molecule has 2 atom stereocenters. The van der Waals surface area contributed by atoms with E-state index in [0.717, 1.165) is 19.5 Å². The van der Waals surface area contributed by atoms with Gasteiger partial charge < -0.3 is 14.7 Å². The Labute approximate surface area is 119 Å². The van der Waals surface area contributed by atoms with Crippen molar-refractivity contribution in [1.29, 1.82) is 0 Å². The van der Waals surface area contributed by atoms with Crippen LogP contribution in [0.3, 0.4) is 0 Å². The molecule has 0 radical (unpaired) electrons. The highest BCUT2D eigenvalue weighted by atomic mass is 32.2. The summed E-state index contributed by atoms with van der Waals surface area (Å²) >= 11 is 1.58. The van der Waals surface area contributed by atoms with Crippen LogP contribution in [-0.2, 0) is 9.59 Å². The molecule has 0 N–H and O–H groups in total. The molecule has 0 unspecified atom stereocenters. The third-order valence-corrected chi connectivity index (χ3v) is 5.04. The van der Waals surface area contributed by atoms with E-state index < -0.39 is 0 Å². The lowest BCUT2D eigenvalue weighted by atomic mass is 10.0. The maximum absolute atomic E-state index is 12.3. The van der Waals surface area contributed by atoms with Crippen molar-refractivity contribution in [2.75, 3.05) is 45.4 Å². The standard InChI is InChI=1S/C13H23N3O2S/c1-4-10-5-15(6-11(10)14(2)3)12(17)7-16-9-19-8-13(16)18/h10-11H,4-9H2,1-3H3/t10-,11-/m1/s1. The largest absolute Gasteiger partial charge is 0.339 e. The second kappa shape index (κ2) is 6.13. The van der Waals surface area contributed by atoms with Crippen molar-refractivity contribution in [3.8, 4) is 0 Å². The first kappa shape index (κ1) is 14.7. The van der Waals surface area contributed by atoms with Gasteiger partial charge in [-0.15, -0.1) is 11.8 Å². The number of carbonyl (C=O) groups excluding carboxylic acids is 2. The van der Waals surface area contributed by atoms with E-state index in [1.807, 2.05) is 4.90 Å². The monoisotopic (exact) mass is 285 g/mol. The lowest BCUT2D eigenvalue weighted by molar-refractivity contribution is -0.137. The second-order valence-corrected chi connectivity index (χ2v) is 6.52. The number of amides is 2. The Hall–Kier alpha value is -0.750. The number of nitrogens with zero attached hydrogens (tertiary/aromatic N) is 3. The van der Waals surface area contributed by atoms with E-state index in [-0.39, 0.29) is 18.4 Å². The molecule has 2 amide bonds. The number of carbonyl (C=O) groups is 2. The summed E-state index contributed by atoms with van der Waals surface area (Å²) in [6, 6.07) is 0.442. The van der Waals surface area contributed by atoms with Crippen LogP contribution in [0.25, 0.3) is 0 Å². The van der Waals surface area contributed by atoms with Crippen LogP contribution in [0.5, 0.6) is 0 Å². The predicted octanol–water partition coefficient (Wildman–Crippen LogP) is 0.318. The minimum absolute atomic E-state index is 0.0914. The second-order valence-electron chi connectivity index (χ2n) is 5.57. The van der Waals surface area contributed by atoms with E-state index in [1.165, 1.54) is 0 Å². The summed E-state index contributed by atoms with van der Waals surface area (Å²) in [7, 11) is 4.14. The molecule has 0 aromatic rings. The van der Waals surface area contributed by atoms with Crippen molar-refractivity contribution < 1.29 is 9.59 Å². The van der Waals surface area contributed by atoms with Crippen molar-refractivity contribution in [2.45, 2.75) is 19.4 Å². The molecule has 2 fully saturated rings. The Morgan fingerprint density at radius 3 is 2.63 bits per heavy atom. The van der Waals surface area contributed by atoms with Gasteiger partial charge in [-0.05, 0) is 20.0 Å². The molecule has 6 heteroatoms. The summed E-state index contributed by atoms with van der Waals surface area (Å²) in [5.74, 6) is 1.91. The summed E-state index contributed by atoms with van der Waals surface area (Å²) in [5, 5.41) is 0. The van der Waals surface area contributed by atoms with Crippen LogP contribution in [0, 0.1) is 5.92 Å². The quantitative estimate of drug-likeness (QED) is 0.746. The normalized spacial score (nSPS) is 27.7. The van der Waals surface area contributed by atoms with Crippen LogP contribution in [0.15, 0.2) is 0 Å². The molecular formula is C13H23N3O2S. The van der Waals surface area contributed by atoms with Crippen LogP contribution in [-0.4, -0.2) is 77.9 Å². The van der Waals surface area contributed by atoms with E-state index in [4.69, 9.17) is 0 Å². The Morgan fingerprint density at radius 2 is 2.16 bits per heavy atom. The third kappa shape index (κ3) is 3.23. The topological polar surface area (TPSA) is 43.9 Å². The highest BCUT2D eigenvalue weighted by Gasteiger charge is 2.36. The number of rotatable bonds is 4. The zero-order chi connectivity index (χ0) is 14.0. The van der Waals surface area contributed by atoms with Gasteiger partial charge in [0.15, 0.2) is 0 Å². The van der Waals surface area contributed by atoms with Crippen LogP contribution >= 0.6 is 11.8 Å². The number of likely N-dealkylation sites (N-methyl/N-ethyl adjacent to an activating group) is 1. The minimum Gasteiger partial charge on any atom is -0.339 e. The van der Waals surface area contributed by atoms with Crippen molar-refractivity contribution in [2.24, 2.45) is 5.92 Å². The zero-order valence-electron chi connectivity index (χ0n) is 12.0. The van der Waals surface area contributed by atoms with E-state index in [1.54, 1.807) is 16.7 Å². The van der Waals surface area contributed by atoms with Gasteiger partial charge in [-0.3, -0.25) is 9.59 Å². The van der Waals surface area contributed by atoms with Gasteiger partial charge in [-0.1, -0.05) is 13.3 Å². The lowest BCUT2D eigenvalue weighted by Crippen LogP contribution is -2.41. The average molecular weight is 285 g/mol. The van der Waals surface area contributed by atoms with Crippen molar-refractivity contribution >= 4 is 23.6 Å².